The van der Waals surface area contributed by atoms with Gasteiger partial charge in [0.05, 0.1) is 11.1 Å². The molecular formula is C17H14BrNO2. The van der Waals surface area contributed by atoms with Crippen molar-refractivity contribution in [1.29, 1.82) is 0 Å². The molecule has 0 saturated carbocycles. The van der Waals surface area contributed by atoms with Crippen LogP contribution in [-0.4, -0.2) is 10.1 Å². The zero-order valence-corrected chi connectivity index (χ0v) is 13.1. The summed E-state index contributed by atoms with van der Waals surface area (Å²) in [5.74, 6) is 1.27. The molecule has 0 aliphatic rings. The number of hydrogen-bond acceptors (Lipinski definition) is 3. The van der Waals surface area contributed by atoms with E-state index in [9.17, 15) is 0 Å². The van der Waals surface area contributed by atoms with Crippen molar-refractivity contribution < 1.29 is 9.84 Å². The van der Waals surface area contributed by atoms with Crippen molar-refractivity contribution in [3.05, 3.63) is 64.3 Å². The molecule has 0 aliphatic heterocycles. The van der Waals surface area contributed by atoms with E-state index in [-0.39, 0.29) is 6.61 Å². The zero-order valence-electron chi connectivity index (χ0n) is 11.5. The Balaban J connectivity index is 2.00. The molecule has 3 aromatic rings. The Morgan fingerprint density at radius 2 is 2.00 bits per heavy atom. The quantitative estimate of drug-likeness (QED) is 0.756. The molecule has 3 rings (SSSR count). The number of nitrogens with zero attached hydrogens (tertiary/aromatic N) is 1. The minimum Gasteiger partial charge on any atom is -0.438 e. The van der Waals surface area contributed by atoms with Gasteiger partial charge in [-0.3, -0.25) is 0 Å². The normalized spacial score (nSPS) is 10.8. The third-order valence-electron chi connectivity index (χ3n) is 3.30. The van der Waals surface area contributed by atoms with Gasteiger partial charge in [0.2, 0.25) is 5.88 Å². The summed E-state index contributed by atoms with van der Waals surface area (Å²) in [4.78, 5) is 4.26. The molecule has 1 heterocycles. The van der Waals surface area contributed by atoms with Gasteiger partial charge < -0.3 is 9.84 Å². The van der Waals surface area contributed by atoms with Crippen LogP contribution in [0.5, 0.6) is 11.6 Å². The highest BCUT2D eigenvalue weighted by atomic mass is 79.9. The number of pyridine rings is 1. The molecule has 0 radical (unpaired) electrons. The molecular weight excluding hydrogens is 330 g/mol. The molecule has 0 spiro atoms. The largest absolute Gasteiger partial charge is 0.438 e. The number of aryl methyl sites for hydroxylation is 1. The number of fused-ring (bicyclic) bond motifs is 1. The first-order valence-electron chi connectivity index (χ1n) is 6.60. The molecule has 106 valence electrons. The van der Waals surface area contributed by atoms with Crippen molar-refractivity contribution in [2.24, 2.45) is 0 Å². The molecule has 3 nitrogen and oxygen atoms in total. The predicted octanol–water partition coefficient (Wildman–Crippen LogP) is 4.59. The minimum absolute atomic E-state index is 0.0201. The van der Waals surface area contributed by atoms with Crippen LogP contribution in [0.15, 0.2) is 53.1 Å². The lowest BCUT2D eigenvalue weighted by Crippen LogP contribution is -1.95. The Morgan fingerprint density at radius 3 is 2.76 bits per heavy atom. The van der Waals surface area contributed by atoms with Gasteiger partial charge in [-0.05, 0) is 51.3 Å². The van der Waals surface area contributed by atoms with Crippen LogP contribution in [-0.2, 0) is 6.61 Å². The summed E-state index contributed by atoms with van der Waals surface area (Å²) in [7, 11) is 0. The van der Waals surface area contributed by atoms with E-state index in [0.717, 1.165) is 32.1 Å². The summed E-state index contributed by atoms with van der Waals surface area (Å²) in [5.41, 5.74) is 1.67. The molecule has 0 unspecified atom stereocenters. The van der Waals surface area contributed by atoms with Gasteiger partial charge >= 0.3 is 0 Å². The third kappa shape index (κ3) is 2.77. The lowest BCUT2D eigenvalue weighted by Gasteiger charge is -2.11. The lowest BCUT2D eigenvalue weighted by molar-refractivity contribution is 0.281. The molecule has 2 aromatic carbocycles. The fourth-order valence-corrected chi connectivity index (χ4v) is 2.78. The maximum atomic E-state index is 9.12. The predicted molar refractivity (Wildman–Crippen MR) is 86.6 cm³/mol. The second kappa shape index (κ2) is 5.84. The summed E-state index contributed by atoms with van der Waals surface area (Å²) in [5, 5.41) is 11.4. The van der Waals surface area contributed by atoms with E-state index < -0.39 is 0 Å². The van der Waals surface area contributed by atoms with E-state index in [1.807, 2.05) is 43.3 Å². The first-order chi connectivity index (χ1) is 10.2. The third-order valence-corrected chi connectivity index (χ3v) is 4.12. The summed E-state index contributed by atoms with van der Waals surface area (Å²) in [6.45, 7) is 1.89. The maximum Gasteiger partial charge on any atom is 0.222 e. The van der Waals surface area contributed by atoms with Gasteiger partial charge in [0, 0.05) is 11.8 Å². The van der Waals surface area contributed by atoms with Crippen molar-refractivity contribution >= 4 is 26.7 Å². The van der Waals surface area contributed by atoms with Gasteiger partial charge in [-0.25, -0.2) is 4.98 Å². The number of aliphatic hydroxyl groups is 1. The monoisotopic (exact) mass is 343 g/mol. The molecule has 0 amide bonds. The highest BCUT2D eigenvalue weighted by molar-refractivity contribution is 9.10. The number of halogens is 1. The number of ether oxygens (including phenoxy) is 1. The van der Waals surface area contributed by atoms with Gasteiger partial charge in [0.15, 0.2) is 0 Å². The highest BCUT2D eigenvalue weighted by Crippen LogP contribution is 2.36. The van der Waals surface area contributed by atoms with Crippen LogP contribution in [0, 0.1) is 6.92 Å². The number of rotatable bonds is 3. The second-order valence-electron chi connectivity index (χ2n) is 4.82. The van der Waals surface area contributed by atoms with Crippen LogP contribution in [0.1, 0.15) is 11.1 Å². The summed E-state index contributed by atoms with van der Waals surface area (Å²) in [6.07, 6.45) is 1.62. The topological polar surface area (TPSA) is 42.4 Å². The SMILES string of the molecule is Cc1cc(CO)cnc1Oc1ccc2ccccc2c1Br. The Morgan fingerprint density at radius 1 is 1.19 bits per heavy atom. The molecule has 1 N–H and O–H groups in total. The Bertz CT molecular complexity index is 802. The first-order valence-corrected chi connectivity index (χ1v) is 7.40. The minimum atomic E-state index is -0.0201. The molecule has 4 heteroatoms. The summed E-state index contributed by atoms with van der Waals surface area (Å²) < 4.78 is 6.82. The average Bonchev–Trinajstić information content (AvgIpc) is 2.52. The number of aliphatic hydroxyl groups excluding tert-OH is 1. The van der Waals surface area contributed by atoms with Crippen molar-refractivity contribution in [1.82, 2.24) is 4.98 Å². The van der Waals surface area contributed by atoms with Crippen molar-refractivity contribution in [2.75, 3.05) is 0 Å². The highest BCUT2D eigenvalue weighted by Gasteiger charge is 2.09. The van der Waals surface area contributed by atoms with Crippen LogP contribution < -0.4 is 4.74 Å². The number of benzene rings is 2. The second-order valence-corrected chi connectivity index (χ2v) is 5.62. The zero-order chi connectivity index (χ0) is 14.8. The standard InChI is InChI=1S/C17H14BrNO2/c1-11-8-12(10-20)9-19-17(11)21-15-7-6-13-4-2-3-5-14(13)16(15)18/h2-9,20H,10H2,1H3. The van der Waals surface area contributed by atoms with Gasteiger partial charge in [0.25, 0.3) is 0 Å². The van der Waals surface area contributed by atoms with E-state index in [2.05, 4.69) is 27.0 Å². The molecule has 0 aliphatic carbocycles. The Labute approximate surface area is 131 Å². The fraction of sp³-hybridized carbons (Fsp3) is 0.118. The van der Waals surface area contributed by atoms with E-state index in [0.29, 0.717) is 5.88 Å². The van der Waals surface area contributed by atoms with Crippen molar-refractivity contribution in [3.63, 3.8) is 0 Å². The van der Waals surface area contributed by atoms with E-state index in [1.165, 1.54) is 0 Å². The van der Waals surface area contributed by atoms with Gasteiger partial charge in [-0.15, -0.1) is 0 Å². The molecule has 0 saturated heterocycles. The summed E-state index contributed by atoms with van der Waals surface area (Å²) in [6, 6.07) is 13.9. The van der Waals surface area contributed by atoms with Crippen LogP contribution in [0.2, 0.25) is 0 Å². The van der Waals surface area contributed by atoms with Crippen molar-refractivity contribution in [3.8, 4) is 11.6 Å². The maximum absolute atomic E-state index is 9.12. The number of aromatic nitrogens is 1. The summed E-state index contributed by atoms with van der Waals surface area (Å²) >= 11 is 3.60. The Hall–Kier alpha value is -1.91. The van der Waals surface area contributed by atoms with E-state index in [1.54, 1.807) is 6.20 Å². The first kappa shape index (κ1) is 14.0. The van der Waals surface area contributed by atoms with Crippen LogP contribution in [0.25, 0.3) is 10.8 Å². The van der Waals surface area contributed by atoms with E-state index >= 15 is 0 Å². The van der Waals surface area contributed by atoms with Crippen LogP contribution in [0.3, 0.4) is 0 Å². The average molecular weight is 344 g/mol. The van der Waals surface area contributed by atoms with Crippen molar-refractivity contribution in [2.45, 2.75) is 13.5 Å². The van der Waals surface area contributed by atoms with Gasteiger partial charge in [0.1, 0.15) is 5.75 Å². The molecule has 0 bridgehead atoms. The number of hydrogen-bond donors (Lipinski definition) is 1. The van der Waals surface area contributed by atoms with Gasteiger partial charge in [-0.1, -0.05) is 30.3 Å². The molecule has 21 heavy (non-hydrogen) atoms. The smallest absolute Gasteiger partial charge is 0.222 e. The molecule has 0 fully saturated rings. The Kier molecular flexibility index (Phi) is 3.90. The molecule has 1 aromatic heterocycles. The van der Waals surface area contributed by atoms with Crippen LogP contribution in [0.4, 0.5) is 0 Å². The van der Waals surface area contributed by atoms with Crippen LogP contribution >= 0.6 is 15.9 Å². The fourth-order valence-electron chi connectivity index (χ4n) is 2.21. The van der Waals surface area contributed by atoms with Gasteiger partial charge in [-0.2, -0.15) is 0 Å². The van der Waals surface area contributed by atoms with E-state index in [4.69, 9.17) is 9.84 Å². The lowest BCUT2D eigenvalue weighted by atomic mass is 10.1. The molecule has 0 atom stereocenters.